The summed E-state index contributed by atoms with van der Waals surface area (Å²) in [6, 6.07) is 5.93. The number of aromatic nitrogens is 2. The van der Waals surface area contributed by atoms with E-state index < -0.39 is 0 Å². The average molecular weight is 317 g/mol. The van der Waals surface area contributed by atoms with Gasteiger partial charge in [-0.25, -0.2) is 0 Å². The molecule has 0 aliphatic carbocycles. The number of nitrogens with zero attached hydrogens (tertiary/aromatic N) is 1. The molecule has 0 radical (unpaired) electrons. The Kier molecular flexibility index (Phi) is 5.15. The maximum Gasteiger partial charge on any atom is 0.162 e. The Morgan fingerprint density at radius 1 is 1.30 bits per heavy atom. The topological polar surface area (TPSA) is 79.4 Å². The number of H-pyrrole nitrogens is 1. The molecule has 1 aliphatic heterocycles. The van der Waals surface area contributed by atoms with Gasteiger partial charge in [0.15, 0.2) is 11.5 Å². The van der Waals surface area contributed by atoms with Crippen molar-refractivity contribution in [3.05, 3.63) is 30.0 Å². The number of ether oxygens (including phenoxy) is 2. The van der Waals surface area contributed by atoms with Crippen LogP contribution >= 0.6 is 0 Å². The Labute approximate surface area is 135 Å². The van der Waals surface area contributed by atoms with Gasteiger partial charge in [-0.15, -0.1) is 0 Å². The summed E-state index contributed by atoms with van der Waals surface area (Å²) in [5.74, 6) is 2.01. The van der Waals surface area contributed by atoms with Gasteiger partial charge in [0, 0.05) is 24.3 Å². The van der Waals surface area contributed by atoms with Crippen LogP contribution in [-0.2, 0) is 6.54 Å². The van der Waals surface area contributed by atoms with E-state index in [9.17, 15) is 0 Å². The van der Waals surface area contributed by atoms with Crippen LogP contribution in [0, 0.1) is 5.92 Å². The highest BCUT2D eigenvalue weighted by Crippen LogP contribution is 2.34. The molecule has 23 heavy (non-hydrogen) atoms. The van der Waals surface area contributed by atoms with Crippen molar-refractivity contribution in [3.63, 3.8) is 0 Å². The van der Waals surface area contributed by atoms with E-state index in [0.29, 0.717) is 19.1 Å². The first-order valence-corrected chi connectivity index (χ1v) is 8.01. The predicted octanol–water partition coefficient (Wildman–Crippen LogP) is 1.96. The van der Waals surface area contributed by atoms with Crippen molar-refractivity contribution in [2.24, 2.45) is 5.92 Å². The van der Waals surface area contributed by atoms with Crippen LogP contribution < -0.4 is 14.8 Å². The lowest BCUT2D eigenvalue weighted by atomic mass is 10.1. The van der Waals surface area contributed by atoms with E-state index in [-0.39, 0.29) is 6.61 Å². The maximum absolute atomic E-state index is 8.94. The summed E-state index contributed by atoms with van der Waals surface area (Å²) >= 11 is 0. The highest BCUT2D eigenvalue weighted by atomic mass is 16.6. The Balaban J connectivity index is 1.68. The third kappa shape index (κ3) is 3.83. The largest absolute Gasteiger partial charge is 0.486 e. The van der Waals surface area contributed by atoms with Crippen LogP contribution in [0.4, 0.5) is 0 Å². The number of aromatic amines is 1. The molecule has 0 saturated heterocycles. The molecule has 0 bridgehead atoms. The van der Waals surface area contributed by atoms with Gasteiger partial charge in [0.05, 0.1) is 11.9 Å². The van der Waals surface area contributed by atoms with Crippen LogP contribution in [0.25, 0.3) is 11.3 Å². The highest BCUT2D eigenvalue weighted by molar-refractivity contribution is 5.66. The second kappa shape index (κ2) is 7.48. The van der Waals surface area contributed by atoms with Gasteiger partial charge in [-0.1, -0.05) is 6.92 Å². The summed E-state index contributed by atoms with van der Waals surface area (Å²) in [5.41, 5.74) is 3.13. The van der Waals surface area contributed by atoms with Gasteiger partial charge in [-0.05, 0) is 37.1 Å². The zero-order valence-electron chi connectivity index (χ0n) is 13.3. The Morgan fingerprint density at radius 2 is 2.13 bits per heavy atom. The van der Waals surface area contributed by atoms with Crippen molar-refractivity contribution in [1.29, 1.82) is 0 Å². The second-order valence-corrected chi connectivity index (χ2v) is 5.88. The van der Waals surface area contributed by atoms with E-state index in [1.165, 1.54) is 0 Å². The van der Waals surface area contributed by atoms with Gasteiger partial charge in [0.1, 0.15) is 13.2 Å². The monoisotopic (exact) mass is 317 g/mol. The molecule has 1 aliphatic rings. The van der Waals surface area contributed by atoms with Crippen molar-refractivity contribution in [3.8, 4) is 22.8 Å². The van der Waals surface area contributed by atoms with Crippen LogP contribution in [0.5, 0.6) is 11.5 Å². The predicted molar refractivity (Wildman–Crippen MR) is 87.6 cm³/mol. The lowest BCUT2D eigenvalue weighted by molar-refractivity contribution is 0.171. The van der Waals surface area contributed by atoms with Crippen LogP contribution in [-0.4, -0.2) is 41.7 Å². The molecule has 0 saturated carbocycles. The van der Waals surface area contributed by atoms with Gasteiger partial charge >= 0.3 is 0 Å². The minimum atomic E-state index is 0.233. The summed E-state index contributed by atoms with van der Waals surface area (Å²) in [6.07, 6.45) is 2.66. The zero-order valence-corrected chi connectivity index (χ0v) is 13.3. The molecule has 3 N–H and O–H groups in total. The van der Waals surface area contributed by atoms with Gasteiger partial charge in [0.25, 0.3) is 0 Å². The van der Waals surface area contributed by atoms with E-state index in [4.69, 9.17) is 14.6 Å². The first kappa shape index (κ1) is 15.8. The molecule has 6 heteroatoms. The van der Waals surface area contributed by atoms with Crippen molar-refractivity contribution < 1.29 is 14.6 Å². The van der Waals surface area contributed by atoms with E-state index in [2.05, 4.69) is 22.4 Å². The molecular weight excluding hydrogens is 294 g/mol. The number of aliphatic hydroxyl groups is 1. The van der Waals surface area contributed by atoms with Gasteiger partial charge in [-0.3, -0.25) is 5.10 Å². The van der Waals surface area contributed by atoms with E-state index in [0.717, 1.165) is 47.8 Å². The van der Waals surface area contributed by atoms with Crippen LogP contribution in [0.2, 0.25) is 0 Å². The average Bonchev–Trinajstić information content (AvgIpc) is 3.03. The quantitative estimate of drug-likeness (QED) is 0.727. The van der Waals surface area contributed by atoms with Crippen molar-refractivity contribution in [1.82, 2.24) is 15.5 Å². The van der Waals surface area contributed by atoms with E-state index in [1.54, 1.807) is 0 Å². The number of aliphatic hydroxyl groups excluding tert-OH is 1. The van der Waals surface area contributed by atoms with E-state index in [1.807, 2.05) is 24.4 Å². The smallest absolute Gasteiger partial charge is 0.162 e. The fourth-order valence-electron chi connectivity index (χ4n) is 2.67. The van der Waals surface area contributed by atoms with Crippen molar-refractivity contribution in [2.45, 2.75) is 19.9 Å². The number of benzene rings is 1. The SMILES string of the molecule is CC(CCO)CNCc1cn[nH]c1-c1ccc2c(c1)OCCO2. The van der Waals surface area contributed by atoms with Crippen LogP contribution in [0.1, 0.15) is 18.9 Å². The Bertz CT molecular complexity index is 642. The first-order chi connectivity index (χ1) is 11.3. The summed E-state index contributed by atoms with van der Waals surface area (Å²) in [5, 5.41) is 19.6. The minimum absolute atomic E-state index is 0.233. The van der Waals surface area contributed by atoms with E-state index >= 15 is 0 Å². The number of rotatable bonds is 7. The van der Waals surface area contributed by atoms with Gasteiger partial charge in [-0.2, -0.15) is 5.10 Å². The van der Waals surface area contributed by atoms with Crippen LogP contribution in [0.3, 0.4) is 0 Å². The Morgan fingerprint density at radius 3 is 2.96 bits per heavy atom. The molecule has 1 atom stereocenters. The molecule has 1 unspecified atom stereocenters. The van der Waals surface area contributed by atoms with Crippen molar-refractivity contribution >= 4 is 0 Å². The molecule has 1 aromatic heterocycles. The zero-order chi connectivity index (χ0) is 16.1. The fraction of sp³-hybridized carbons (Fsp3) is 0.471. The highest BCUT2D eigenvalue weighted by Gasteiger charge is 2.15. The third-order valence-corrected chi connectivity index (χ3v) is 3.98. The lowest BCUT2D eigenvalue weighted by Crippen LogP contribution is -2.21. The number of nitrogens with one attached hydrogen (secondary N) is 2. The summed E-state index contributed by atoms with van der Waals surface area (Å²) < 4.78 is 11.2. The second-order valence-electron chi connectivity index (χ2n) is 5.88. The number of hydrogen-bond acceptors (Lipinski definition) is 5. The van der Waals surface area contributed by atoms with Crippen LogP contribution in [0.15, 0.2) is 24.4 Å². The molecule has 124 valence electrons. The molecule has 6 nitrogen and oxygen atoms in total. The third-order valence-electron chi connectivity index (χ3n) is 3.98. The number of hydrogen-bond donors (Lipinski definition) is 3. The molecule has 0 amide bonds. The minimum Gasteiger partial charge on any atom is -0.486 e. The summed E-state index contributed by atoms with van der Waals surface area (Å²) in [6.45, 7) is 5.13. The molecule has 0 spiro atoms. The standard InChI is InChI=1S/C17H23N3O3/c1-12(4-5-21)9-18-10-14-11-19-20-17(14)13-2-3-15-16(8-13)23-7-6-22-15/h2-3,8,11-12,18,21H,4-7,9-10H2,1H3,(H,19,20). The summed E-state index contributed by atoms with van der Waals surface area (Å²) in [4.78, 5) is 0. The fourth-order valence-corrected chi connectivity index (χ4v) is 2.67. The molecular formula is C17H23N3O3. The maximum atomic E-state index is 8.94. The molecule has 0 fully saturated rings. The van der Waals surface area contributed by atoms with Gasteiger partial charge < -0.3 is 19.9 Å². The molecule has 1 aromatic carbocycles. The normalized spacial score (nSPS) is 14.7. The molecule has 3 rings (SSSR count). The van der Waals surface area contributed by atoms with Gasteiger partial charge in [0.2, 0.25) is 0 Å². The molecule has 2 aromatic rings. The summed E-state index contributed by atoms with van der Waals surface area (Å²) in [7, 11) is 0. The Hall–Kier alpha value is -2.05. The first-order valence-electron chi connectivity index (χ1n) is 8.01. The number of fused-ring (bicyclic) bond motifs is 1. The van der Waals surface area contributed by atoms with Crippen molar-refractivity contribution in [2.75, 3.05) is 26.4 Å². The lowest BCUT2D eigenvalue weighted by Gasteiger charge is -2.19. The molecule has 2 heterocycles.